The Morgan fingerprint density at radius 2 is 2.00 bits per heavy atom. The molecule has 21 heavy (non-hydrogen) atoms. The average Bonchev–Trinajstić information content (AvgIpc) is 2.47. The molecule has 5 heteroatoms. The lowest BCUT2D eigenvalue weighted by atomic mass is 10.1. The predicted molar refractivity (Wildman–Crippen MR) is 78.4 cm³/mol. The number of nitrogens with zero attached hydrogens (tertiary/aromatic N) is 1. The topological polar surface area (TPSA) is 49.8 Å². The van der Waals surface area contributed by atoms with E-state index in [-0.39, 0.29) is 17.1 Å². The van der Waals surface area contributed by atoms with Crippen LogP contribution in [0.15, 0.2) is 42.5 Å². The van der Waals surface area contributed by atoms with Gasteiger partial charge in [-0.3, -0.25) is 4.79 Å². The second kappa shape index (κ2) is 6.26. The lowest BCUT2D eigenvalue weighted by molar-refractivity contribution is 0.0981. The quantitative estimate of drug-likeness (QED) is 0.940. The Labute approximate surface area is 122 Å². The van der Waals surface area contributed by atoms with Gasteiger partial charge in [0.15, 0.2) is 0 Å². The van der Waals surface area contributed by atoms with Gasteiger partial charge in [-0.2, -0.15) is 0 Å². The lowest BCUT2D eigenvalue weighted by Crippen LogP contribution is -2.31. The molecule has 2 aromatic carbocycles. The van der Waals surface area contributed by atoms with Gasteiger partial charge in [0.05, 0.1) is 7.11 Å². The normalized spacial score (nSPS) is 10.2. The minimum Gasteiger partial charge on any atom is -0.508 e. The van der Waals surface area contributed by atoms with Gasteiger partial charge >= 0.3 is 0 Å². The molecule has 0 radical (unpaired) electrons. The molecule has 0 saturated carbocycles. The lowest BCUT2D eigenvalue weighted by Gasteiger charge is -2.22. The van der Waals surface area contributed by atoms with Crippen LogP contribution in [0.2, 0.25) is 0 Å². The number of methoxy groups -OCH3 is 1. The monoisotopic (exact) mass is 289 g/mol. The number of phenolic OH excluding ortho intramolecular Hbond substituents is 1. The van der Waals surface area contributed by atoms with Gasteiger partial charge in [-0.15, -0.1) is 0 Å². The number of phenols is 1. The number of hydrogen-bond donors (Lipinski definition) is 1. The van der Waals surface area contributed by atoms with E-state index in [2.05, 4.69) is 0 Å². The number of hydrogen-bond acceptors (Lipinski definition) is 3. The third kappa shape index (κ3) is 2.97. The summed E-state index contributed by atoms with van der Waals surface area (Å²) in [4.78, 5) is 14.0. The first-order valence-electron chi connectivity index (χ1n) is 6.52. The summed E-state index contributed by atoms with van der Waals surface area (Å²) in [6.07, 6.45) is 0. The minimum atomic E-state index is -0.641. The van der Waals surface area contributed by atoms with Gasteiger partial charge in [-0.05, 0) is 31.2 Å². The van der Waals surface area contributed by atoms with Crippen LogP contribution in [-0.4, -0.2) is 24.7 Å². The van der Waals surface area contributed by atoms with Crippen molar-refractivity contribution in [3.05, 3.63) is 53.8 Å². The summed E-state index contributed by atoms with van der Waals surface area (Å²) in [5.41, 5.74) is 0.373. The van der Waals surface area contributed by atoms with E-state index in [9.17, 15) is 14.3 Å². The summed E-state index contributed by atoms with van der Waals surface area (Å²) in [6.45, 7) is 2.11. The van der Waals surface area contributed by atoms with Gasteiger partial charge in [0.1, 0.15) is 22.9 Å². The predicted octanol–water partition coefficient (Wildman–Crippen LogP) is 3.21. The molecule has 0 saturated heterocycles. The first-order valence-corrected chi connectivity index (χ1v) is 6.52. The highest BCUT2D eigenvalue weighted by molar-refractivity contribution is 6.08. The summed E-state index contributed by atoms with van der Waals surface area (Å²) in [5.74, 6) is -0.936. The Balaban J connectivity index is 2.47. The Hall–Kier alpha value is -2.56. The zero-order valence-corrected chi connectivity index (χ0v) is 11.8. The SMILES string of the molecule is CCN(C(=O)c1c(F)cccc1OC)c1cccc(O)c1. The number of ether oxygens (including phenoxy) is 1. The number of carbonyl (C=O) groups excluding carboxylic acids is 1. The highest BCUT2D eigenvalue weighted by atomic mass is 19.1. The summed E-state index contributed by atoms with van der Waals surface area (Å²) < 4.78 is 19.1. The molecule has 110 valence electrons. The van der Waals surface area contributed by atoms with Crippen molar-refractivity contribution in [1.29, 1.82) is 0 Å². The molecule has 0 aliphatic heterocycles. The molecule has 1 amide bonds. The molecule has 0 heterocycles. The second-order valence-electron chi connectivity index (χ2n) is 4.39. The van der Waals surface area contributed by atoms with Crippen molar-refractivity contribution >= 4 is 11.6 Å². The molecule has 0 aromatic heterocycles. The van der Waals surface area contributed by atoms with Gasteiger partial charge in [-0.1, -0.05) is 12.1 Å². The summed E-state index contributed by atoms with van der Waals surface area (Å²) in [5, 5.41) is 9.53. The van der Waals surface area contributed by atoms with Gasteiger partial charge in [-0.25, -0.2) is 4.39 Å². The Kier molecular flexibility index (Phi) is 4.42. The van der Waals surface area contributed by atoms with E-state index < -0.39 is 11.7 Å². The van der Waals surface area contributed by atoms with Crippen molar-refractivity contribution in [2.75, 3.05) is 18.6 Å². The highest BCUT2D eigenvalue weighted by Crippen LogP contribution is 2.27. The Morgan fingerprint density at radius 1 is 1.29 bits per heavy atom. The van der Waals surface area contributed by atoms with Crippen molar-refractivity contribution < 1.29 is 19.0 Å². The standard InChI is InChI=1S/C16H16FNO3/c1-3-18(11-6-4-7-12(19)10-11)16(20)15-13(17)8-5-9-14(15)21-2/h4-10,19H,3H2,1-2H3. The number of carbonyl (C=O) groups is 1. The van der Waals surface area contributed by atoms with Crippen LogP contribution in [0.4, 0.5) is 10.1 Å². The molecular weight excluding hydrogens is 273 g/mol. The van der Waals surface area contributed by atoms with Crippen LogP contribution in [0.25, 0.3) is 0 Å². The summed E-state index contributed by atoms with van der Waals surface area (Å²) >= 11 is 0. The molecule has 0 atom stereocenters. The largest absolute Gasteiger partial charge is 0.508 e. The van der Waals surface area contributed by atoms with Crippen LogP contribution in [0.5, 0.6) is 11.5 Å². The van der Waals surface area contributed by atoms with E-state index in [0.717, 1.165) is 0 Å². The van der Waals surface area contributed by atoms with Crippen molar-refractivity contribution in [2.45, 2.75) is 6.92 Å². The zero-order valence-electron chi connectivity index (χ0n) is 11.8. The smallest absolute Gasteiger partial charge is 0.265 e. The summed E-state index contributed by atoms with van der Waals surface area (Å²) in [6, 6.07) is 10.5. The maximum Gasteiger partial charge on any atom is 0.265 e. The van der Waals surface area contributed by atoms with E-state index in [4.69, 9.17) is 4.74 Å². The number of aromatic hydroxyl groups is 1. The maximum absolute atomic E-state index is 14.0. The van der Waals surface area contributed by atoms with Crippen LogP contribution < -0.4 is 9.64 Å². The van der Waals surface area contributed by atoms with Crippen LogP contribution in [0.1, 0.15) is 17.3 Å². The van der Waals surface area contributed by atoms with E-state index in [0.29, 0.717) is 12.2 Å². The number of amides is 1. The fourth-order valence-electron chi connectivity index (χ4n) is 2.12. The Morgan fingerprint density at radius 3 is 2.62 bits per heavy atom. The van der Waals surface area contributed by atoms with Crippen molar-refractivity contribution in [3.8, 4) is 11.5 Å². The first-order chi connectivity index (χ1) is 10.1. The third-order valence-corrected chi connectivity index (χ3v) is 3.11. The van der Waals surface area contributed by atoms with Gasteiger partial charge in [0, 0.05) is 18.3 Å². The van der Waals surface area contributed by atoms with Gasteiger partial charge in [0.2, 0.25) is 0 Å². The minimum absolute atomic E-state index is 0.0410. The average molecular weight is 289 g/mol. The molecule has 1 N–H and O–H groups in total. The molecule has 4 nitrogen and oxygen atoms in total. The third-order valence-electron chi connectivity index (χ3n) is 3.11. The van der Waals surface area contributed by atoms with Crippen LogP contribution >= 0.6 is 0 Å². The summed E-state index contributed by atoms with van der Waals surface area (Å²) in [7, 11) is 1.39. The maximum atomic E-state index is 14.0. The van der Waals surface area contributed by atoms with E-state index in [1.54, 1.807) is 19.1 Å². The fraction of sp³-hybridized carbons (Fsp3) is 0.188. The highest BCUT2D eigenvalue weighted by Gasteiger charge is 2.23. The van der Waals surface area contributed by atoms with Crippen LogP contribution in [0.3, 0.4) is 0 Å². The van der Waals surface area contributed by atoms with Gasteiger partial charge in [0.25, 0.3) is 5.91 Å². The zero-order chi connectivity index (χ0) is 15.4. The van der Waals surface area contributed by atoms with E-state index in [1.165, 1.54) is 42.3 Å². The van der Waals surface area contributed by atoms with Crippen molar-refractivity contribution in [2.24, 2.45) is 0 Å². The van der Waals surface area contributed by atoms with E-state index >= 15 is 0 Å². The number of rotatable bonds is 4. The van der Waals surface area contributed by atoms with Gasteiger partial charge < -0.3 is 14.7 Å². The van der Waals surface area contributed by atoms with Crippen LogP contribution in [-0.2, 0) is 0 Å². The Bertz CT molecular complexity index is 658. The number of anilines is 1. The molecule has 0 unspecified atom stereocenters. The van der Waals surface area contributed by atoms with Crippen molar-refractivity contribution in [3.63, 3.8) is 0 Å². The first kappa shape index (κ1) is 14.8. The second-order valence-corrected chi connectivity index (χ2v) is 4.39. The number of benzene rings is 2. The molecule has 2 aromatic rings. The van der Waals surface area contributed by atoms with Crippen LogP contribution in [0, 0.1) is 5.82 Å². The molecule has 0 aliphatic carbocycles. The van der Waals surface area contributed by atoms with E-state index in [1.807, 2.05) is 0 Å². The molecule has 0 bridgehead atoms. The number of halogens is 1. The molecule has 2 rings (SSSR count). The molecular formula is C16H16FNO3. The molecule has 0 aliphatic rings. The fourth-order valence-corrected chi connectivity index (χ4v) is 2.12. The van der Waals surface area contributed by atoms with Crippen molar-refractivity contribution in [1.82, 2.24) is 0 Å². The molecule has 0 fully saturated rings. The molecule has 0 spiro atoms.